The van der Waals surface area contributed by atoms with E-state index in [1.54, 1.807) is 0 Å². The fourth-order valence-electron chi connectivity index (χ4n) is 9.32. The highest BCUT2D eigenvalue weighted by molar-refractivity contribution is 6.45. The minimum atomic E-state index is -0.0540. The molecule has 5 rings (SSSR count). The van der Waals surface area contributed by atoms with Crippen molar-refractivity contribution in [2.24, 2.45) is 34.5 Å². The highest BCUT2D eigenvalue weighted by Gasteiger charge is 2.69. The lowest BCUT2D eigenvalue weighted by atomic mass is 9.44. The molecule has 0 amide bonds. The van der Waals surface area contributed by atoms with Crippen LogP contribution in [-0.4, -0.2) is 30.0 Å². The normalized spacial score (nSPS) is 54.3. The molecule has 3 nitrogen and oxygen atoms in total. The van der Waals surface area contributed by atoms with Crippen LogP contribution in [-0.2, 0) is 9.31 Å². The van der Waals surface area contributed by atoms with Crippen LogP contribution in [0.3, 0.4) is 0 Å². The van der Waals surface area contributed by atoms with Crippen LogP contribution in [0.15, 0.2) is 0 Å². The molecule has 164 valence electrons. The topological polar surface area (TPSA) is 38.7 Å². The predicted octanol–water partition coefficient (Wildman–Crippen LogP) is 5.85. The maximum atomic E-state index is 10.3. The number of hydrogen-bond acceptors (Lipinski definition) is 3. The zero-order valence-corrected chi connectivity index (χ0v) is 19.3. The summed E-state index contributed by atoms with van der Waals surface area (Å²) in [6.45, 7) is 9.71. The average molecular weight is 402 g/mol. The van der Waals surface area contributed by atoms with Crippen molar-refractivity contribution in [1.29, 1.82) is 0 Å². The average Bonchev–Trinajstić information content (AvgIpc) is 3.18. The van der Waals surface area contributed by atoms with Gasteiger partial charge in [0.15, 0.2) is 0 Å². The van der Waals surface area contributed by atoms with E-state index in [0.29, 0.717) is 5.41 Å². The van der Waals surface area contributed by atoms with Gasteiger partial charge in [-0.2, -0.15) is 0 Å². The summed E-state index contributed by atoms with van der Waals surface area (Å²) in [5, 5.41) is 10.3. The molecular weight excluding hydrogens is 359 g/mol. The second-order valence-electron chi connectivity index (χ2n) is 11.9. The lowest BCUT2D eigenvalue weighted by molar-refractivity contribution is -0.155. The first-order chi connectivity index (χ1) is 13.8. The molecule has 0 radical (unpaired) electrons. The number of unbranched alkanes of at least 4 members (excludes halogenated alkanes) is 1. The Bertz CT molecular complexity index is 627. The zero-order chi connectivity index (χ0) is 20.4. The molecule has 5 fully saturated rings. The zero-order valence-electron chi connectivity index (χ0n) is 19.3. The molecule has 9 atom stereocenters. The van der Waals surface area contributed by atoms with Gasteiger partial charge in [-0.3, -0.25) is 0 Å². The van der Waals surface area contributed by atoms with Crippen LogP contribution < -0.4 is 0 Å². The van der Waals surface area contributed by atoms with E-state index in [1.807, 2.05) is 0 Å². The molecule has 0 aromatic rings. The Hall–Kier alpha value is -0.0551. The van der Waals surface area contributed by atoms with Crippen LogP contribution in [0.5, 0.6) is 0 Å². The van der Waals surface area contributed by atoms with Crippen LogP contribution in [0.2, 0.25) is 6.32 Å². The molecule has 1 spiro atoms. The number of fused-ring (bicyclic) bond motifs is 6. The molecule has 0 unspecified atom stereocenters. The Kier molecular flexibility index (Phi) is 5.20. The molecule has 29 heavy (non-hydrogen) atoms. The fraction of sp³-hybridized carbons (Fsp3) is 1.00. The molecular formula is C25H43BO3. The maximum Gasteiger partial charge on any atom is 0.457 e. The number of aliphatic hydroxyl groups excluding tert-OH is 1. The first-order valence-corrected chi connectivity index (χ1v) is 12.9. The number of rotatable bonds is 3. The van der Waals surface area contributed by atoms with Gasteiger partial charge in [0.1, 0.15) is 0 Å². The Morgan fingerprint density at radius 1 is 1.00 bits per heavy atom. The van der Waals surface area contributed by atoms with Gasteiger partial charge in [0, 0.05) is 5.41 Å². The van der Waals surface area contributed by atoms with Crippen molar-refractivity contribution in [1.82, 2.24) is 0 Å². The van der Waals surface area contributed by atoms with Gasteiger partial charge in [0.05, 0.1) is 17.8 Å². The van der Waals surface area contributed by atoms with Crippen LogP contribution in [0.4, 0.5) is 0 Å². The lowest BCUT2D eigenvalue weighted by Gasteiger charge is -2.62. The van der Waals surface area contributed by atoms with E-state index in [9.17, 15) is 5.11 Å². The largest absolute Gasteiger partial charge is 0.457 e. The van der Waals surface area contributed by atoms with E-state index in [1.165, 1.54) is 57.8 Å². The summed E-state index contributed by atoms with van der Waals surface area (Å²) in [7, 11) is 0.0198. The van der Waals surface area contributed by atoms with E-state index >= 15 is 0 Å². The molecule has 1 saturated heterocycles. The number of aliphatic hydroxyl groups is 1. The van der Waals surface area contributed by atoms with E-state index < -0.39 is 0 Å². The maximum absolute atomic E-state index is 10.3. The third-order valence-electron chi connectivity index (χ3n) is 11.0. The molecule has 1 aliphatic heterocycles. The summed E-state index contributed by atoms with van der Waals surface area (Å²) >= 11 is 0. The van der Waals surface area contributed by atoms with E-state index in [2.05, 4.69) is 27.7 Å². The van der Waals surface area contributed by atoms with Crippen molar-refractivity contribution in [2.45, 2.75) is 122 Å². The van der Waals surface area contributed by atoms with E-state index in [-0.39, 0.29) is 30.3 Å². The first-order valence-electron chi connectivity index (χ1n) is 12.9. The predicted molar refractivity (Wildman–Crippen MR) is 118 cm³/mol. The molecule has 4 heteroatoms. The molecule has 4 aliphatic carbocycles. The smallest absolute Gasteiger partial charge is 0.406 e. The Balaban J connectivity index is 1.39. The van der Waals surface area contributed by atoms with Crippen molar-refractivity contribution < 1.29 is 14.4 Å². The SMILES string of the molecule is CCCCB1O[C@H](C)[C@]2(CC[C@H]3[C@@H]4CC[C@@H]5C[C@H](O)CC[C@]5(C)[C@H]4CC[C@@]32C)O1. The van der Waals surface area contributed by atoms with Crippen LogP contribution in [0.1, 0.15) is 98.3 Å². The summed E-state index contributed by atoms with van der Waals surface area (Å²) in [6.07, 6.45) is 14.9. The third kappa shape index (κ3) is 2.87. The van der Waals surface area contributed by atoms with Gasteiger partial charge in [-0.1, -0.05) is 33.6 Å². The summed E-state index contributed by atoms with van der Waals surface area (Å²) in [6, 6.07) is 0. The molecule has 1 N–H and O–H groups in total. The van der Waals surface area contributed by atoms with Crippen molar-refractivity contribution >= 4 is 7.12 Å². The van der Waals surface area contributed by atoms with Crippen LogP contribution >= 0.6 is 0 Å². The Morgan fingerprint density at radius 2 is 1.79 bits per heavy atom. The molecule has 4 saturated carbocycles. The summed E-state index contributed by atoms with van der Waals surface area (Å²) in [5.41, 5.74) is 0.676. The van der Waals surface area contributed by atoms with Gasteiger partial charge in [-0.05, 0) is 100 Å². The molecule has 0 aromatic carbocycles. The van der Waals surface area contributed by atoms with Gasteiger partial charge < -0.3 is 14.4 Å². The quantitative estimate of drug-likeness (QED) is 0.602. The minimum Gasteiger partial charge on any atom is -0.406 e. The standard InChI is InChI=1S/C25H43BO3/c1-5-6-15-26-28-17(2)25(29-26)14-11-22-20-8-7-18-16-19(27)9-12-23(18,3)21(20)10-13-24(22,25)4/h17-22,27H,5-16H2,1-4H3/t17-,18-,19-,20-,21+,22+,23+,24+,25+/m1/s1. The second-order valence-corrected chi connectivity index (χ2v) is 11.9. The van der Waals surface area contributed by atoms with Crippen molar-refractivity contribution in [3.8, 4) is 0 Å². The van der Waals surface area contributed by atoms with Crippen LogP contribution in [0, 0.1) is 34.5 Å². The van der Waals surface area contributed by atoms with Gasteiger partial charge in [-0.15, -0.1) is 0 Å². The molecule has 5 aliphatic rings. The minimum absolute atomic E-state index is 0.0198. The Morgan fingerprint density at radius 3 is 2.59 bits per heavy atom. The highest BCUT2D eigenvalue weighted by atomic mass is 16.7. The lowest BCUT2D eigenvalue weighted by Crippen LogP contribution is -2.58. The highest BCUT2D eigenvalue weighted by Crippen LogP contribution is 2.70. The molecule has 0 aromatic heterocycles. The summed E-state index contributed by atoms with van der Waals surface area (Å²) in [5.74, 6) is 3.25. The third-order valence-corrected chi connectivity index (χ3v) is 11.0. The number of hydrogen-bond donors (Lipinski definition) is 1. The molecule has 1 heterocycles. The van der Waals surface area contributed by atoms with Gasteiger partial charge in [0.2, 0.25) is 0 Å². The molecule has 0 bridgehead atoms. The monoisotopic (exact) mass is 402 g/mol. The van der Waals surface area contributed by atoms with Crippen molar-refractivity contribution in [2.75, 3.05) is 0 Å². The first kappa shape index (κ1) is 20.8. The van der Waals surface area contributed by atoms with E-state index in [4.69, 9.17) is 9.31 Å². The van der Waals surface area contributed by atoms with Gasteiger partial charge >= 0.3 is 7.12 Å². The van der Waals surface area contributed by atoms with E-state index in [0.717, 1.165) is 42.8 Å². The Labute approximate surface area is 178 Å². The van der Waals surface area contributed by atoms with Crippen LogP contribution in [0.25, 0.3) is 0 Å². The fourth-order valence-corrected chi connectivity index (χ4v) is 9.32. The van der Waals surface area contributed by atoms with Crippen molar-refractivity contribution in [3.63, 3.8) is 0 Å². The van der Waals surface area contributed by atoms with Crippen molar-refractivity contribution in [3.05, 3.63) is 0 Å². The van der Waals surface area contributed by atoms with Gasteiger partial charge in [0.25, 0.3) is 0 Å². The summed E-state index contributed by atoms with van der Waals surface area (Å²) < 4.78 is 13.3. The second kappa shape index (κ2) is 7.24. The summed E-state index contributed by atoms with van der Waals surface area (Å²) in [4.78, 5) is 0. The van der Waals surface area contributed by atoms with Gasteiger partial charge in [-0.25, -0.2) is 0 Å².